The van der Waals surface area contributed by atoms with Crippen molar-refractivity contribution < 1.29 is 18.3 Å². The molecule has 4 heteroatoms. The molecule has 172 valence electrons. The minimum absolute atomic E-state index is 0.199. The first-order valence-corrected chi connectivity index (χ1v) is 11.6. The zero-order valence-corrected chi connectivity index (χ0v) is 19.4. The Kier molecular flexibility index (Phi) is 10.3. The summed E-state index contributed by atoms with van der Waals surface area (Å²) in [6.07, 6.45) is 11.6. The molecule has 2 aliphatic carbocycles. The average Bonchev–Trinajstić information content (AvgIpc) is 3.04. The van der Waals surface area contributed by atoms with Gasteiger partial charge in [0.1, 0.15) is 17.7 Å². The zero-order valence-electron chi connectivity index (χ0n) is 19.4. The number of fused-ring (bicyclic) bond motifs is 1. The molecule has 2 nitrogen and oxygen atoms in total. The fourth-order valence-electron chi connectivity index (χ4n) is 4.43. The van der Waals surface area contributed by atoms with Gasteiger partial charge in [-0.3, -0.25) is 0 Å². The van der Waals surface area contributed by atoms with Crippen LogP contribution in [0, 0.1) is 5.92 Å². The summed E-state index contributed by atoms with van der Waals surface area (Å²) in [5.41, 5.74) is 2.65. The second kappa shape index (κ2) is 12.7. The molecular formula is C27H38F2O2. The Morgan fingerprint density at radius 2 is 1.90 bits per heavy atom. The molecule has 1 atom stereocenters. The van der Waals surface area contributed by atoms with Gasteiger partial charge in [-0.25, -0.2) is 8.78 Å². The van der Waals surface area contributed by atoms with Crippen LogP contribution in [0.3, 0.4) is 0 Å². The van der Waals surface area contributed by atoms with Gasteiger partial charge in [0.2, 0.25) is 0 Å². The fourth-order valence-corrected chi connectivity index (χ4v) is 4.43. The third kappa shape index (κ3) is 7.52. The molecule has 31 heavy (non-hydrogen) atoms. The van der Waals surface area contributed by atoms with Gasteiger partial charge in [-0.2, -0.15) is 0 Å². The lowest BCUT2D eigenvalue weighted by atomic mass is 9.84. The van der Waals surface area contributed by atoms with Crippen LogP contribution in [0.1, 0.15) is 88.9 Å². The Labute approximate surface area is 187 Å². The molecule has 0 amide bonds. The molecule has 1 fully saturated rings. The highest BCUT2D eigenvalue weighted by Gasteiger charge is 2.27. The normalized spacial score (nSPS) is 22.9. The molecule has 0 bridgehead atoms. The first-order valence-electron chi connectivity index (χ1n) is 11.6. The molecule has 0 aromatic heterocycles. The van der Waals surface area contributed by atoms with Gasteiger partial charge >= 0.3 is 0 Å². The number of ether oxygens (including phenoxy) is 2. The van der Waals surface area contributed by atoms with Crippen molar-refractivity contribution in [2.45, 2.75) is 83.9 Å². The average molecular weight is 433 g/mol. The van der Waals surface area contributed by atoms with Gasteiger partial charge in [-0.05, 0) is 73.4 Å². The van der Waals surface area contributed by atoms with Crippen molar-refractivity contribution in [2.24, 2.45) is 5.92 Å². The Balaban J connectivity index is 0.000000366. The van der Waals surface area contributed by atoms with Crippen LogP contribution in [-0.2, 0) is 4.74 Å². The minimum Gasteiger partial charge on any atom is -0.494 e. The highest BCUT2D eigenvalue weighted by atomic mass is 19.1. The molecule has 0 heterocycles. The van der Waals surface area contributed by atoms with Crippen molar-refractivity contribution in [3.05, 3.63) is 60.1 Å². The quantitative estimate of drug-likeness (QED) is 0.232. The summed E-state index contributed by atoms with van der Waals surface area (Å²) in [4.78, 5) is 0. The molecule has 3 rings (SSSR count). The maximum atomic E-state index is 14.0. The number of hydrogen-bond acceptors (Lipinski definition) is 2. The number of halogens is 2. The molecular weight excluding hydrogens is 394 g/mol. The van der Waals surface area contributed by atoms with Crippen LogP contribution < -0.4 is 4.74 Å². The van der Waals surface area contributed by atoms with Crippen LogP contribution in [0.2, 0.25) is 0 Å². The molecule has 0 saturated heterocycles. The van der Waals surface area contributed by atoms with E-state index in [0.717, 1.165) is 41.2 Å². The molecule has 0 radical (unpaired) electrons. The van der Waals surface area contributed by atoms with Gasteiger partial charge in [0.25, 0.3) is 0 Å². The van der Waals surface area contributed by atoms with Gasteiger partial charge in [-0.15, -0.1) is 0 Å². The van der Waals surface area contributed by atoms with Crippen LogP contribution >= 0.6 is 0 Å². The Morgan fingerprint density at radius 1 is 1.19 bits per heavy atom. The predicted molar refractivity (Wildman–Crippen MR) is 125 cm³/mol. The first kappa shape index (κ1) is 25.2. The largest absolute Gasteiger partial charge is 0.494 e. The summed E-state index contributed by atoms with van der Waals surface area (Å²) < 4.78 is 36.7. The van der Waals surface area contributed by atoms with Crippen LogP contribution in [-0.4, -0.2) is 13.2 Å². The van der Waals surface area contributed by atoms with E-state index in [2.05, 4.69) is 24.8 Å². The number of rotatable bonds is 8. The Bertz CT molecular complexity index is 760. The maximum absolute atomic E-state index is 14.0. The lowest BCUT2D eigenvalue weighted by Crippen LogP contribution is -2.24. The number of allylic oxidation sites excluding steroid dienone is 3. The summed E-state index contributed by atoms with van der Waals surface area (Å²) in [5.74, 6) is 1.38. The lowest BCUT2D eigenvalue weighted by Gasteiger charge is -2.29. The van der Waals surface area contributed by atoms with Crippen molar-refractivity contribution in [1.29, 1.82) is 0 Å². The van der Waals surface area contributed by atoms with E-state index in [0.29, 0.717) is 12.5 Å². The van der Waals surface area contributed by atoms with Crippen molar-refractivity contribution in [3.8, 4) is 5.75 Å². The maximum Gasteiger partial charge on any atom is 0.157 e. The number of benzene rings is 1. The SMILES string of the molecule is C=C(F)/C(=C\C)OC.C=C1CC(F)c2cc(OC3CCC(CCCCC)CC3)ccc21. The summed E-state index contributed by atoms with van der Waals surface area (Å²) >= 11 is 0. The van der Waals surface area contributed by atoms with Crippen LogP contribution in [0.4, 0.5) is 8.78 Å². The van der Waals surface area contributed by atoms with Crippen molar-refractivity contribution in [1.82, 2.24) is 0 Å². The van der Waals surface area contributed by atoms with E-state index in [1.54, 1.807) is 6.92 Å². The van der Waals surface area contributed by atoms with Gasteiger partial charge in [0.15, 0.2) is 5.83 Å². The summed E-state index contributed by atoms with van der Waals surface area (Å²) in [6, 6.07) is 5.85. The van der Waals surface area contributed by atoms with E-state index in [4.69, 9.17) is 4.74 Å². The van der Waals surface area contributed by atoms with Gasteiger partial charge < -0.3 is 9.47 Å². The Morgan fingerprint density at radius 3 is 2.45 bits per heavy atom. The van der Waals surface area contributed by atoms with E-state index >= 15 is 0 Å². The standard InChI is InChI=1S/C21H29FO.C6H9FO/c1-3-4-5-6-16-7-9-17(10-8-16)23-18-11-12-19-15(2)13-21(22)20(19)14-18;1-4-6(8-3)5(2)7/h11-12,14,16-17,21H,2-10,13H2,1H3;4H,2H2,1,3H3/b;6-4+. The van der Waals surface area contributed by atoms with E-state index < -0.39 is 12.0 Å². The zero-order chi connectivity index (χ0) is 22.8. The summed E-state index contributed by atoms with van der Waals surface area (Å²) in [7, 11) is 1.40. The van der Waals surface area contributed by atoms with Gasteiger partial charge in [0.05, 0.1) is 13.2 Å². The second-order valence-electron chi connectivity index (χ2n) is 8.54. The minimum atomic E-state index is -0.907. The molecule has 0 spiro atoms. The van der Waals surface area contributed by atoms with Crippen LogP contribution in [0.5, 0.6) is 5.75 Å². The lowest BCUT2D eigenvalue weighted by molar-refractivity contribution is 0.127. The van der Waals surface area contributed by atoms with E-state index in [1.165, 1.54) is 51.7 Å². The van der Waals surface area contributed by atoms with Crippen LogP contribution in [0.25, 0.3) is 5.57 Å². The van der Waals surface area contributed by atoms with Crippen molar-refractivity contribution >= 4 is 5.57 Å². The van der Waals surface area contributed by atoms with Crippen molar-refractivity contribution in [2.75, 3.05) is 7.11 Å². The number of unbranched alkanes of at least 4 members (excludes halogenated alkanes) is 2. The number of methoxy groups -OCH3 is 1. The monoisotopic (exact) mass is 432 g/mol. The molecule has 1 saturated carbocycles. The third-order valence-electron chi connectivity index (χ3n) is 6.23. The molecule has 1 aromatic carbocycles. The fraction of sp³-hybridized carbons (Fsp3) is 0.556. The van der Waals surface area contributed by atoms with E-state index in [9.17, 15) is 8.78 Å². The summed E-state index contributed by atoms with van der Waals surface area (Å²) in [6.45, 7) is 10.9. The molecule has 0 N–H and O–H groups in total. The van der Waals surface area contributed by atoms with Crippen LogP contribution in [0.15, 0.2) is 49.0 Å². The topological polar surface area (TPSA) is 18.5 Å². The first-order chi connectivity index (χ1) is 14.9. The highest BCUT2D eigenvalue weighted by Crippen LogP contribution is 2.42. The van der Waals surface area contributed by atoms with Gasteiger partial charge in [0, 0.05) is 6.42 Å². The summed E-state index contributed by atoms with van der Waals surface area (Å²) in [5, 5.41) is 0. The molecule has 1 aromatic rings. The molecule has 2 aliphatic rings. The molecule has 0 aliphatic heterocycles. The number of hydrogen-bond donors (Lipinski definition) is 0. The predicted octanol–water partition coefficient (Wildman–Crippen LogP) is 8.65. The van der Waals surface area contributed by atoms with Gasteiger partial charge in [-0.1, -0.05) is 51.8 Å². The second-order valence-corrected chi connectivity index (χ2v) is 8.54. The van der Waals surface area contributed by atoms with E-state index in [1.807, 2.05) is 18.2 Å². The van der Waals surface area contributed by atoms with E-state index in [-0.39, 0.29) is 5.76 Å². The smallest absolute Gasteiger partial charge is 0.157 e. The highest BCUT2D eigenvalue weighted by molar-refractivity contribution is 5.72. The number of alkyl halides is 1. The Hall–Kier alpha value is -2.10. The molecule has 1 unspecified atom stereocenters. The third-order valence-corrected chi connectivity index (χ3v) is 6.23. The van der Waals surface area contributed by atoms with Crippen molar-refractivity contribution in [3.63, 3.8) is 0 Å².